The van der Waals surface area contributed by atoms with Gasteiger partial charge in [-0.15, -0.1) is 0 Å². The number of aromatic nitrogens is 1. The van der Waals surface area contributed by atoms with Crippen LogP contribution in [-0.4, -0.2) is 42.0 Å². The molecule has 0 unspecified atom stereocenters. The second-order valence-electron chi connectivity index (χ2n) is 5.58. The molecular formula is C17H19ClN3O+. The number of carbonyl (C=O) groups excluding carboxylic acids is 1. The van der Waals surface area contributed by atoms with Crippen molar-refractivity contribution in [2.45, 2.75) is 6.54 Å². The normalized spacial score (nSPS) is 15.8. The Morgan fingerprint density at radius 1 is 1.18 bits per heavy atom. The fourth-order valence-electron chi connectivity index (χ4n) is 2.80. The number of hydrogen-bond donors (Lipinski definition) is 1. The molecule has 0 atom stereocenters. The Bertz CT molecular complexity index is 639. The molecule has 2 heterocycles. The summed E-state index contributed by atoms with van der Waals surface area (Å²) < 4.78 is 0. The predicted molar refractivity (Wildman–Crippen MR) is 86.0 cm³/mol. The second kappa shape index (κ2) is 6.90. The first-order valence-electron chi connectivity index (χ1n) is 7.50. The van der Waals surface area contributed by atoms with E-state index in [4.69, 9.17) is 11.6 Å². The third-order valence-electron chi connectivity index (χ3n) is 4.03. The number of pyridine rings is 1. The van der Waals surface area contributed by atoms with Crippen LogP contribution in [0, 0.1) is 0 Å². The molecule has 0 aliphatic carbocycles. The zero-order valence-electron chi connectivity index (χ0n) is 12.3. The summed E-state index contributed by atoms with van der Waals surface area (Å²) >= 11 is 5.96. The Balaban J connectivity index is 1.56. The van der Waals surface area contributed by atoms with Crippen molar-refractivity contribution in [2.24, 2.45) is 0 Å². The molecule has 1 aromatic carbocycles. The first-order valence-corrected chi connectivity index (χ1v) is 7.87. The van der Waals surface area contributed by atoms with E-state index in [1.165, 1.54) is 10.5 Å². The van der Waals surface area contributed by atoms with Gasteiger partial charge in [0, 0.05) is 28.5 Å². The maximum atomic E-state index is 12.5. The second-order valence-corrected chi connectivity index (χ2v) is 6.02. The molecule has 1 aliphatic heterocycles. The lowest BCUT2D eigenvalue weighted by molar-refractivity contribution is -0.917. The lowest BCUT2D eigenvalue weighted by Crippen LogP contribution is -3.13. The lowest BCUT2D eigenvalue weighted by Gasteiger charge is -2.32. The summed E-state index contributed by atoms with van der Waals surface area (Å²) in [5.41, 5.74) is 1.96. The summed E-state index contributed by atoms with van der Waals surface area (Å²) in [6, 6.07) is 11.3. The molecule has 2 aromatic rings. The van der Waals surface area contributed by atoms with Crippen LogP contribution in [-0.2, 0) is 6.54 Å². The number of halogens is 1. The van der Waals surface area contributed by atoms with E-state index in [0.717, 1.165) is 32.7 Å². The first-order chi connectivity index (χ1) is 10.7. The van der Waals surface area contributed by atoms with Gasteiger partial charge in [-0.2, -0.15) is 0 Å². The van der Waals surface area contributed by atoms with Crippen LogP contribution in [0.1, 0.15) is 15.9 Å². The molecular weight excluding hydrogens is 298 g/mol. The van der Waals surface area contributed by atoms with Crippen LogP contribution in [0.2, 0.25) is 5.02 Å². The number of amides is 1. The average Bonchev–Trinajstić information content (AvgIpc) is 2.56. The van der Waals surface area contributed by atoms with Crippen molar-refractivity contribution in [2.75, 3.05) is 26.2 Å². The fraction of sp³-hybridized carbons (Fsp3) is 0.294. The third kappa shape index (κ3) is 3.64. The van der Waals surface area contributed by atoms with Gasteiger partial charge >= 0.3 is 0 Å². The Labute approximate surface area is 135 Å². The SMILES string of the molecule is O=C(c1cccc(Cl)c1)N1CC[NH+](Cc2ccncc2)CC1. The van der Waals surface area contributed by atoms with Crippen molar-refractivity contribution in [3.05, 3.63) is 64.9 Å². The first kappa shape index (κ1) is 15.0. The zero-order valence-corrected chi connectivity index (χ0v) is 13.1. The number of nitrogens with one attached hydrogen (secondary N) is 1. The third-order valence-corrected chi connectivity index (χ3v) is 4.27. The molecule has 5 heteroatoms. The van der Waals surface area contributed by atoms with Gasteiger partial charge < -0.3 is 9.80 Å². The molecule has 1 fully saturated rings. The quantitative estimate of drug-likeness (QED) is 0.926. The van der Waals surface area contributed by atoms with Gasteiger partial charge in [-0.1, -0.05) is 17.7 Å². The molecule has 1 N–H and O–H groups in total. The smallest absolute Gasteiger partial charge is 0.254 e. The fourth-order valence-corrected chi connectivity index (χ4v) is 2.99. The van der Waals surface area contributed by atoms with Crippen molar-refractivity contribution in [3.8, 4) is 0 Å². The highest BCUT2D eigenvalue weighted by Gasteiger charge is 2.24. The molecule has 0 spiro atoms. The Morgan fingerprint density at radius 2 is 1.91 bits per heavy atom. The number of benzene rings is 1. The molecule has 114 valence electrons. The van der Waals surface area contributed by atoms with Crippen LogP contribution in [0.4, 0.5) is 0 Å². The highest BCUT2D eigenvalue weighted by atomic mass is 35.5. The summed E-state index contributed by atoms with van der Waals surface area (Å²) in [4.78, 5) is 19.9. The summed E-state index contributed by atoms with van der Waals surface area (Å²) in [6.45, 7) is 4.49. The van der Waals surface area contributed by atoms with Crippen molar-refractivity contribution < 1.29 is 9.69 Å². The number of hydrogen-bond acceptors (Lipinski definition) is 2. The predicted octanol–water partition coefficient (Wildman–Crippen LogP) is 1.28. The molecule has 3 rings (SSSR count). The molecule has 0 bridgehead atoms. The summed E-state index contributed by atoms with van der Waals surface area (Å²) in [5, 5.41) is 0.604. The van der Waals surface area contributed by atoms with E-state index in [-0.39, 0.29) is 5.91 Å². The van der Waals surface area contributed by atoms with Gasteiger partial charge in [0.25, 0.3) is 5.91 Å². The van der Waals surface area contributed by atoms with Gasteiger partial charge in [0.15, 0.2) is 0 Å². The van der Waals surface area contributed by atoms with E-state index in [0.29, 0.717) is 10.6 Å². The van der Waals surface area contributed by atoms with Crippen molar-refractivity contribution in [1.82, 2.24) is 9.88 Å². The Hall–Kier alpha value is -1.91. The van der Waals surface area contributed by atoms with Crippen LogP contribution in [0.5, 0.6) is 0 Å². The number of nitrogens with zero attached hydrogens (tertiary/aromatic N) is 2. The van der Waals surface area contributed by atoms with Crippen LogP contribution in [0.25, 0.3) is 0 Å². The zero-order chi connectivity index (χ0) is 15.4. The largest absolute Gasteiger partial charge is 0.328 e. The molecule has 1 aromatic heterocycles. The molecule has 1 saturated heterocycles. The topological polar surface area (TPSA) is 37.6 Å². The minimum atomic E-state index is 0.0745. The van der Waals surface area contributed by atoms with Crippen molar-refractivity contribution in [3.63, 3.8) is 0 Å². The highest BCUT2D eigenvalue weighted by molar-refractivity contribution is 6.30. The average molecular weight is 317 g/mol. The molecule has 4 nitrogen and oxygen atoms in total. The van der Waals surface area contributed by atoms with Crippen LogP contribution < -0.4 is 4.90 Å². The molecule has 1 aliphatic rings. The molecule has 22 heavy (non-hydrogen) atoms. The Morgan fingerprint density at radius 3 is 2.59 bits per heavy atom. The highest BCUT2D eigenvalue weighted by Crippen LogP contribution is 2.12. The van der Waals surface area contributed by atoms with Gasteiger partial charge in [-0.05, 0) is 30.3 Å². The summed E-state index contributed by atoms with van der Waals surface area (Å²) in [6.07, 6.45) is 3.65. The monoisotopic (exact) mass is 316 g/mol. The van der Waals surface area contributed by atoms with E-state index in [9.17, 15) is 4.79 Å². The number of carbonyl (C=O) groups is 1. The van der Waals surface area contributed by atoms with Crippen LogP contribution >= 0.6 is 11.6 Å². The van der Waals surface area contributed by atoms with Gasteiger partial charge in [-0.3, -0.25) is 9.78 Å². The molecule has 0 saturated carbocycles. The van der Waals surface area contributed by atoms with Crippen LogP contribution in [0.3, 0.4) is 0 Å². The Kier molecular flexibility index (Phi) is 4.71. The number of quaternary nitrogens is 1. The van der Waals surface area contributed by atoms with Crippen molar-refractivity contribution in [1.29, 1.82) is 0 Å². The summed E-state index contributed by atoms with van der Waals surface area (Å²) in [7, 11) is 0. The van der Waals surface area contributed by atoms with Crippen LogP contribution in [0.15, 0.2) is 48.8 Å². The number of rotatable bonds is 3. The molecule has 0 radical (unpaired) electrons. The van der Waals surface area contributed by atoms with Gasteiger partial charge in [-0.25, -0.2) is 0 Å². The maximum Gasteiger partial charge on any atom is 0.254 e. The lowest BCUT2D eigenvalue weighted by atomic mass is 10.1. The van der Waals surface area contributed by atoms with E-state index in [2.05, 4.69) is 17.1 Å². The standard InChI is InChI=1S/C17H18ClN3O/c18-16-3-1-2-15(12-16)17(22)21-10-8-20(9-11-21)13-14-4-6-19-7-5-14/h1-7,12H,8-11,13H2/p+1. The molecule has 1 amide bonds. The minimum Gasteiger partial charge on any atom is -0.328 e. The number of piperazine rings is 1. The van der Waals surface area contributed by atoms with Gasteiger partial charge in [0.05, 0.1) is 26.2 Å². The van der Waals surface area contributed by atoms with Crippen molar-refractivity contribution >= 4 is 17.5 Å². The maximum absolute atomic E-state index is 12.5. The van der Waals surface area contributed by atoms with E-state index < -0.39 is 0 Å². The van der Waals surface area contributed by atoms with E-state index in [1.54, 1.807) is 12.1 Å². The van der Waals surface area contributed by atoms with E-state index >= 15 is 0 Å². The van der Waals surface area contributed by atoms with E-state index in [1.807, 2.05) is 29.4 Å². The minimum absolute atomic E-state index is 0.0745. The van der Waals surface area contributed by atoms with Gasteiger partial charge in [0.1, 0.15) is 6.54 Å². The summed E-state index contributed by atoms with van der Waals surface area (Å²) in [5.74, 6) is 0.0745. The van der Waals surface area contributed by atoms with Gasteiger partial charge in [0.2, 0.25) is 0 Å².